The van der Waals surface area contributed by atoms with Crippen LogP contribution in [0.5, 0.6) is 5.75 Å². The monoisotopic (exact) mass is 262 g/mol. The molecule has 108 valence electrons. The summed E-state index contributed by atoms with van der Waals surface area (Å²) in [5.74, 6) is 1.72. The molecule has 1 unspecified atom stereocenters. The Morgan fingerprint density at radius 2 is 1.84 bits per heavy atom. The van der Waals surface area contributed by atoms with Crippen molar-refractivity contribution >= 4 is 0 Å². The van der Waals surface area contributed by atoms with Gasteiger partial charge in [0.15, 0.2) is 0 Å². The minimum absolute atomic E-state index is 0.0301. The first-order valence-corrected chi connectivity index (χ1v) is 7.68. The zero-order chi connectivity index (χ0) is 14.5. The molecule has 1 atom stereocenters. The van der Waals surface area contributed by atoms with Crippen molar-refractivity contribution < 1.29 is 4.74 Å². The molecule has 0 aromatic heterocycles. The quantitative estimate of drug-likeness (QED) is 0.626. The first kappa shape index (κ1) is 16.1. The van der Waals surface area contributed by atoms with E-state index in [1.54, 1.807) is 0 Å². The van der Waals surface area contributed by atoms with Crippen molar-refractivity contribution in [3.8, 4) is 5.75 Å². The van der Waals surface area contributed by atoms with E-state index in [-0.39, 0.29) is 5.60 Å². The molecule has 0 bridgehead atoms. The van der Waals surface area contributed by atoms with Crippen LogP contribution in [0.2, 0.25) is 0 Å². The number of aryl methyl sites for hydroxylation is 1. The molecule has 0 saturated carbocycles. The van der Waals surface area contributed by atoms with E-state index in [0.717, 1.165) is 31.4 Å². The molecule has 1 aromatic rings. The molecule has 0 aliphatic carbocycles. The van der Waals surface area contributed by atoms with E-state index in [0.29, 0.717) is 5.92 Å². The summed E-state index contributed by atoms with van der Waals surface area (Å²) in [5.41, 5.74) is 2.65. The van der Waals surface area contributed by atoms with E-state index in [1.165, 1.54) is 11.1 Å². The van der Waals surface area contributed by atoms with Gasteiger partial charge in [-0.25, -0.2) is 0 Å². The second kappa shape index (κ2) is 6.98. The van der Waals surface area contributed by atoms with E-state index < -0.39 is 0 Å². The van der Waals surface area contributed by atoms with E-state index >= 15 is 0 Å². The van der Waals surface area contributed by atoms with Crippen molar-refractivity contribution in [2.75, 3.05) is 0 Å². The largest absolute Gasteiger partial charge is 0.488 e. The minimum atomic E-state index is -0.0301. The lowest BCUT2D eigenvalue weighted by Crippen LogP contribution is -2.31. The molecular weight excluding hydrogens is 232 g/mol. The van der Waals surface area contributed by atoms with Gasteiger partial charge in [0.1, 0.15) is 11.4 Å². The highest BCUT2D eigenvalue weighted by Crippen LogP contribution is 2.28. The van der Waals surface area contributed by atoms with Crippen molar-refractivity contribution in [1.29, 1.82) is 0 Å². The van der Waals surface area contributed by atoms with Crippen LogP contribution in [0.15, 0.2) is 18.2 Å². The van der Waals surface area contributed by atoms with Crippen LogP contribution in [0.25, 0.3) is 0 Å². The number of benzene rings is 1. The molecule has 1 aromatic carbocycles. The highest BCUT2D eigenvalue weighted by atomic mass is 16.5. The summed E-state index contributed by atoms with van der Waals surface area (Å²) in [6.07, 6.45) is 4.44. The fourth-order valence-corrected chi connectivity index (χ4v) is 2.59. The molecule has 0 saturated heterocycles. The van der Waals surface area contributed by atoms with E-state index in [4.69, 9.17) is 4.74 Å². The summed E-state index contributed by atoms with van der Waals surface area (Å²) < 4.78 is 6.29. The molecule has 0 spiro atoms. The molecular formula is C18H30O. The Bertz CT molecular complexity index is 395. The van der Waals surface area contributed by atoms with Crippen molar-refractivity contribution in [1.82, 2.24) is 0 Å². The average Bonchev–Trinajstić information content (AvgIpc) is 2.27. The fraction of sp³-hybridized carbons (Fsp3) is 0.667. The van der Waals surface area contributed by atoms with Gasteiger partial charge in [-0.1, -0.05) is 40.2 Å². The van der Waals surface area contributed by atoms with Gasteiger partial charge >= 0.3 is 0 Å². The third kappa shape index (κ3) is 5.26. The first-order valence-electron chi connectivity index (χ1n) is 7.68. The zero-order valence-electron chi connectivity index (χ0n) is 13.5. The third-order valence-corrected chi connectivity index (χ3v) is 3.65. The molecule has 19 heavy (non-hydrogen) atoms. The summed E-state index contributed by atoms with van der Waals surface area (Å²) in [7, 11) is 0. The van der Waals surface area contributed by atoms with Crippen LogP contribution >= 0.6 is 0 Å². The third-order valence-electron chi connectivity index (χ3n) is 3.65. The van der Waals surface area contributed by atoms with Crippen LogP contribution in [0.3, 0.4) is 0 Å². The Morgan fingerprint density at radius 1 is 1.16 bits per heavy atom. The van der Waals surface area contributed by atoms with Crippen LogP contribution in [-0.4, -0.2) is 5.60 Å². The summed E-state index contributed by atoms with van der Waals surface area (Å²) >= 11 is 0. The predicted octanol–water partition coefficient (Wildman–Crippen LogP) is 5.54. The molecule has 0 radical (unpaired) electrons. The van der Waals surface area contributed by atoms with Gasteiger partial charge in [-0.3, -0.25) is 0 Å². The maximum Gasteiger partial charge on any atom is 0.120 e. The van der Waals surface area contributed by atoms with Gasteiger partial charge in [-0.2, -0.15) is 0 Å². The number of rotatable bonds is 7. The van der Waals surface area contributed by atoms with E-state index in [9.17, 15) is 0 Å². The van der Waals surface area contributed by atoms with Gasteiger partial charge in [-0.15, -0.1) is 0 Å². The Labute approximate surface area is 119 Å². The van der Waals surface area contributed by atoms with Crippen LogP contribution in [0.4, 0.5) is 0 Å². The highest BCUT2D eigenvalue weighted by molar-refractivity contribution is 5.34. The molecule has 1 rings (SSSR count). The Morgan fingerprint density at radius 3 is 2.37 bits per heavy atom. The summed E-state index contributed by atoms with van der Waals surface area (Å²) in [4.78, 5) is 0. The molecule has 0 aliphatic heterocycles. The predicted molar refractivity (Wildman–Crippen MR) is 84.0 cm³/mol. The normalized spacial score (nSPS) is 14.5. The van der Waals surface area contributed by atoms with E-state index in [1.807, 2.05) is 0 Å². The summed E-state index contributed by atoms with van der Waals surface area (Å²) in [5, 5.41) is 0. The molecule has 0 amide bonds. The Kier molecular flexibility index (Phi) is 5.90. The van der Waals surface area contributed by atoms with Crippen LogP contribution in [-0.2, 0) is 6.42 Å². The van der Waals surface area contributed by atoms with Gasteiger partial charge in [0, 0.05) is 0 Å². The maximum atomic E-state index is 6.29. The van der Waals surface area contributed by atoms with Crippen molar-refractivity contribution in [3.05, 3.63) is 29.3 Å². The summed E-state index contributed by atoms with van der Waals surface area (Å²) in [6, 6.07) is 6.65. The highest BCUT2D eigenvalue weighted by Gasteiger charge is 2.23. The van der Waals surface area contributed by atoms with Gasteiger partial charge in [-0.05, 0) is 62.3 Å². The van der Waals surface area contributed by atoms with Crippen LogP contribution in [0, 0.1) is 12.8 Å². The Balaban J connectivity index is 2.90. The summed E-state index contributed by atoms with van der Waals surface area (Å²) in [6.45, 7) is 13.3. The molecule has 0 N–H and O–H groups in total. The fourth-order valence-electron chi connectivity index (χ4n) is 2.59. The van der Waals surface area contributed by atoms with Gasteiger partial charge in [0.2, 0.25) is 0 Å². The van der Waals surface area contributed by atoms with E-state index in [2.05, 4.69) is 59.7 Å². The minimum Gasteiger partial charge on any atom is -0.488 e. The first-order chi connectivity index (χ1) is 8.88. The SMILES string of the molecule is CCCC(C)(CC)Oc1cc(C)cc(CC(C)C)c1. The van der Waals surface area contributed by atoms with Crippen molar-refractivity contribution in [2.24, 2.45) is 5.92 Å². The number of hydrogen-bond donors (Lipinski definition) is 0. The van der Waals surface area contributed by atoms with Crippen LogP contribution in [0.1, 0.15) is 65.0 Å². The second-order valence-electron chi connectivity index (χ2n) is 6.41. The van der Waals surface area contributed by atoms with Crippen molar-refractivity contribution in [2.45, 2.75) is 72.8 Å². The lowest BCUT2D eigenvalue weighted by atomic mass is 9.96. The standard InChI is InChI=1S/C18H30O/c1-7-9-18(6,8-2)19-17-12-15(5)11-16(13-17)10-14(3)4/h11-14H,7-10H2,1-6H3. The molecule has 0 aliphatic rings. The smallest absolute Gasteiger partial charge is 0.120 e. The number of ether oxygens (including phenoxy) is 1. The van der Waals surface area contributed by atoms with Gasteiger partial charge < -0.3 is 4.74 Å². The maximum absolute atomic E-state index is 6.29. The molecule has 0 fully saturated rings. The van der Waals surface area contributed by atoms with Crippen molar-refractivity contribution in [3.63, 3.8) is 0 Å². The molecule has 1 nitrogen and oxygen atoms in total. The second-order valence-corrected chi connectivity index (χ2v) is 6.41. The molecule has 0 heterocycles. The van der Waals surface area contributed by atoms with Gasteiger partial charge in [0.05, 0.1) is 0 Å². The lowest BCUT2D eigenvalue weighted by molar-refractivity contribution is 0.0740. The van der Waals surface area contributed by atoms with Gasteiger partial charge in [0.25, 0.3) is 0 Å². The van der Waals surface area contributed by atoms with Crippen LogP contribution < -0.4 is 4.74 Å². The molecule has 1 heteroatoms. The zero-order valence-corrected chi connectivity index (χ0v) is 13.5. The average molecular weight is 262 g/mol. The topological polar surface area (TPSA) is 9.23 Å². The lowest BCUT2D eigenvalue weighted by Gasteiger charge is -2.30. The Hall–Kier alpha value is -0.980. The number of hydrogen-bond acceptors (Lipinski definition) is 1.